The zero-order valence-corrected chi connectivity index (χ0v) is 12.3. The summed E-state index contributed by atoms with van der Waals surface area (Å²) in [4.78, 5) is 0.455. The Balaban J connectivity index is 2.85. The number of fused-ring (bicyclic) bond motifs is 1. The summed E-state index contributed by atoms with van der Waals surface area (Å²) in [7, 11) is -2.47. The maximum Gasteiger partial charge on any atom is 0.296 e. The fraction of sp³-hybridized carbons (Fsp3) is 0.273. The minimum absolute atomic E-state index is 0.107. The van der Waals surface area contributed by atoms with Gasteiger partial charge in [0.15, 0.2) is 0 Å². The number of benzene rings is 1. The number of hydrogen-bond acceptors (Lipinski definition) is 5. The lowest BCUT2D eigenvalue weighted by molar-refractivity contribution is 0.484. The summed E-state index contributed by atoms with van der Waals surface area (Å²) < 4.78 is 34.1. The Hall–Kier alpha value is -1.51. The summed E-state index contributed by atoms with van der Waals surface area (Å²) in [5.74, 6) is 0. The zero-order valence-electron chi connectivity index (χ0n) is 10.7. The molecule has 102 valence electrons. The summed E-state index contributed by atoms with van der Waals surface area (Å²) in [5, 5.41) is 8.02. The van der Waals surface area contributed by atoms with E-state index < -0.39 is 10.1 Å². The first-order chi connectivity index (χ1) is 8.80. The molecule has 1 aromatic carbocycles. The van der Waals surface area contributed by atoms with Gasteiger partial charge in [-0.2, -0.15) is 13.5 Å². The standard InChI is InChI=1S/C11H13N3O3S2/c1-7(2)12-13-11-14(3)8-5-4-6-9(10(8)18-11)19(15,16)17/h4-6H,1-3H3,(H,15,16,17)/b13-11+. The second kappa shape index (κ2) is 4.87. The minimum Gasteiger partial charge on any atom is -0.318 e. The van der Waals surface area contributed by atoms with Crippen molar-refractivity contribution < 1.29 is 13.0 Å². The molecular weight excluding hydrogens is 286 g/mol. The highest BCUT2D eigenvalue weighted by Gasteiger charge is 2.16. The quantitative estimate of drug-likeness (QED) is 0.521. The molecule has 19 heavy (non-hydrogen) atoms. The fourth-order valence-electron chi connectivity index (χ4n) is 1.57. The van der Waals surface area contributed by atoms with Gasteiger partial charge in [0.05, 0.1) is 10.2 Å². The van der Waals surface area contributed by atoms with Crippen molar-refractivity contribution in [2.75, 3.05) is 0 Å². The molecule has 0 atom stereocenters. The first kappa shape index (κ1) is 13.9. The van der Waals surface area contributed by atoms with E-state index in [2.05, 4.69) is 10.2 Å². The van der Waals surface area contributed by atoms with E-state index in [9.17, 15) is 13.0 Å². The smallest absolute Gasteiger partial charge is 0.296 e. The molecule has 0 saturated carbocycles. The Kier molecular flexibility index (Phi) is 3.57. The van der Waals surface area contributed by atoms with Crippen LogP contribution in [-0.2, 0) is 17.2 Å². The van der Waals surface area contributed by atoms with Gasteiger partial charge in [0.25, 0.3) is 10.1 Å². The van der Waals surface area contributed by atoms with Crippen LogP contribution < -0.4 is 4.80 Å². The lowest BCUT2D eigenvalue weighted by atomic mass is 10.3. The molecule has 1 aromatic heterocycles. The van der Waals surface area contributed by atoms with Crippen LogP contribution in [0.2, 0.25) is 0 Å². The van der Waals surface area contributed by atoms with Crippen LogP contribution in [0.3, 0.4) is 0 Å². The van der Waals surface area contributed by atoms with Crippen molar-refractivity contribution in [1.82, 2.24) is 4.57 Å². The normalized spacial score (nSPS) is 12.9. The van der Waals surface area contributed by atoms with Crippen LogP contribution in [0.25, 0.3) is 10.2 Å². The molecule has 0 unspecified atom stereocenters. The van der Waals surface area contributed by atoms with Gasteiger partial charge in [0.1, 0.15) is 4.90 Å². The second-order valence-electron chi connectivity index (χ2n) is 4.17. The van der Waals surface area contributed by atoms with Crippen molar-refractivity contribution in [2.24, 2.45) is 17.3 Å². The van der Waals surface area contributed by atoms with E-state index in [-0.39, 0.29) is 4.90 Å². The van der Waals surface area contributed by atoms with Gasteiger partial charge >= 0.3 is 0 Å². The molecule has 0 bridgehead atoms. The van der Waals surface area contributed by atoms with E-state index in [4.69, 9.17) is 0 Å². The van der Waals surface area contributed by atoms with Crippen molar-refractivity contribution in [2.45, 2.75) is 18.7 Å². The molecule has 0 aliphatic carbocycles. The minimum atomic E-state index is -4.24. The van der Waals surface area contributed by atoms with E-state index in [0.29, 0.717) is 15.0 Å². The lowest BCUT2D eigenvalue weighted by Crippen LogP contribution is -2.09. The first-order valence-corrected chi connectivity index (χ1v) is 7.67. The topological polar surface area (TPSA) is 84.0 Å². The maximum absolute atomic E-state index is 11.3. The molecule has 6 nitrogen and oxygen atoms in total. The average Bonchev–Trinajstić information content (AvgIpc) is 2.62. The Bertz CT molecular complexity index is 824. The zero-order chi connectivity index (χ0) is 14.2. The number of hydrogen-bond donors (Lipinski definition) is 1. The van der Waals surface area contributed by atoms with Gasteiger partial charge < -0.3 is 4.57 Å². The molecule has 0 saturated heterocycles. The van der Waals surface area contributed by atoms with Crippen molar-refractivity contribution >= 4 is 37.4 Å². The van der Waals surface area contributed by atoms with Crippen molar-refractivity contribution in [3.63, 3.8) is 0 Å². The Morgan fingerprint density at radius 3 is 2.63 bits per heavy atom. The lowest BCUT2D eigenvalue weighted by Gasteiger charge is -1.98. The third-order valence-corrected chi connectivity index (χ3v) is 4.61. The maximum atomic E-state index is 11.3. The number of aromatic nitrogens is 1. The molecule has 2 rings (SSSR count). The van der Waals surface area contributed by atoms with Gasteiger partial charge in [-0.3, -0.25) is 4.55 Å². The third kappa shape index (κ3) is 2.75. The molecule has 0 aliphatic rings. The molecular formula is C11H13N3O3S2. The van der Waals surface area contributed by atoms with Crippen LogP contribution in [0.4, 0.5) is 0 Å². The molecule has 1 heterocycles. The summed E-state index contributed by atoms with van der Waals surface area (Å²) >= 11 is 1.17. The van der Waals surface area contributed by atoms with E-state index in [0.717, 1.165) is 5.71 Å². The van der Waals surface area contributed by atoms with Crippen LogP contribution in [0.1, 0.15) is 13.8 Å². The van der Waals surface area contributed by atoms with E-state index >= 15 is 0 Å². The van der Waals surface area contributed by atoms with Crippen molar-refractivity contribution in [3.8, 4) is 0 Å². The Morgan fingerprint density at radius 2 is 2.05 bits per heavy atom. The van der Waals surface area contributed by atoms with Gasteiger partial charge in [0.2, 0.25) is 4.80 Å². The monoisotopic (exact) mass is 299 g/mol. The second-order valence-corrected chi connectivity index (χ2v) is 6.54. The third-order valence-electron chi connectivity index (χ3n) is 2.41. The molecule has 2 aromatic rings. The van der Waals surface area contributed by atoms with Crippen LogP contribution in [-0.4, -0.2) is 23.2 Å². The van der Waals surface area contributed by atoms with Crippen LogP contribution in [0.15, 0.2) is 33.3 Å². The Labute approximate surface area is 114 Å². The summed E-state index contributed by atoms with van der Waals surface area (Å²) in [6.45, 7) is 3.64. The summed E-state index contributed by atoms with van der Waals surface area (Å²) in [5.41, 5.74) is 1.48. The Morgan fingerprint density at radius 1 is 1.37 bits per heavy atom. The highest BCUT2D eigenvalue weighted by Crippen LogP contribution is 2.24. The van der Waals surface area contributed by atoms with Crippen molar-refractivity contribution in [1.29, 1.82) is 0 Å². The van der Waals surface area contributed by atoms with E-state index in [1.807, 2.05) is 13.8 Å². The van der Waals surface area contributed by atoms with Gasteiger partial charge in [0, 0.05) is 12.8 Å². The fourth-order valence-corrected chi connectivity index (χ4v) is 3.58. The SMILES string of the molecule is CC(C)=N/N=c1/sc2c(S(=O)(=O)O)cccc2n1C. The number of aryl methyl sites for hydroxylation is 1. The van der Waals surface area contributed by atoms with Crippen LogP contribution in [0.5, 0.6) is 0 Å². The molecule has 0 amide bonds. The molecule has 0 spiro atoms. The van der Waals surface area contributed by atoms with E-state index in [1.54, 1.807) is 23.7 Å². The largest absolute Gasteiger partial charge is 0.318 e. The number of rotatable bonds is 2. The van der Waals surface area contributed by atoms with Gasteiger partial charge in [-0.25, -0.2) is 0 Å². The molecule has 0 fully saturated rings. The van der Waals surface area contributed by atoms with Gasteiger partial charge in [-0.15, -0.1) is 5.10 Å². The average molecular weight is 299 g/mol. The predicted octanol–water partition coefficient (Wildman–Crippen LogP) is 1.78. The molecule has 0 radical (unpaired) electrons. The predicted molar refractivity (Wildman–Crippen MR) is 75.0 cm³/mol. The van der Waals surface area contributed by atoms with Crippen LogP contribution >= 0.6 is 11.3 Å². The van der Waals surface area contributed by atoms with Crippen molar-refractivity contribution in [3.05, 3.63) is 23.0 Å². The van der Waals surface area contributed by atoms with Gasteiger partial charge in [-0.05, 0) is 26.0 Å². The molecule has 8 heteroatoms. The highest BCUT2D eigenvalue weighted by molar-refractivity contribution is 7.86. The molecule has 0 aliphatic heterocycles. The number of thiazole rings is 1. The first-order valence-electron chi connectivity index (χ1n) is 5.41. The highest BCUT2D eigenvalue weighted by atomic mass is 32.2. The molecule has 1 N–H and O–H groups in total. The van der Waals surface area contributed by atoms with Crippen LogP contribution in [0, 0.1) is 0 Å². The number of nitrogens with zero attached hydrogens (tertiary/aromatic N) is 3. The summed E-state index contributed by atoms with van der Waals surface area (Å²) in [6, 6.07) is 4.71. The van der Waals surface area contributed by atoms with E-state index in [1.165, 1.54) is 17.4 Å². The summed E-state index contributed by atoms with van der Waals surface area (Å²) in [6.07, 6.45) is 0. The van der Waals surface area contributed by atoms with Gasteiger partial charge in [-0.1, -0.05) is 17.4 Å².